The summed E-state index contributed by atoms with van der Waals surface area (Å²) in [6.45, 7) is 1.72. The normalized spacial score (nSPS) is 17.9. The lowest BCUT2D eigenvalue weighted by atomic mass is 10.1. The fraction of sp³-hybridized carbons (Fsp3) is 0.429. The number of ether oxygens (including phenoxy) is 2. The average Bonchev–Trinajstić information content (AvgIpc) is 3.11. The highest BCUT2D eigenvalue weighted by atomic mass is 16.6. The lowest BCUT2D eigenvalue weighted by Crippen LogP contribution is -2.33. The first kappa shape index (κ1) is 29.7. The molecule has 0 unspecified atom stereocenters. The van der Waals surface area contributed by atoms with Gasteiger partial charge >= 0.3 is 11.9 Å². The summed E-state index contributed by atoms with van der Waals surface area (Å²) in [6, 6.07) is 0. The molecule has 0 amide bonds. The van der Waals surface area contributed by atoms with Gasteiger partial charge in [-0.2, -0.15) is 0 Å². The van der Waals surface area contributed by atoms with E-state index >= 15 is 0 Å². The molecule has 0 bridgehead atoms. The highest BCUT2D eigenvalue weighted by Crippen LogP contribution is 2.21. The number of unbranched alkanes of at least 4 members (excludes halogenated alkanes) is 7. The molecular weight excluding hydrogens is 448 g/mol. The van der Waals surface area contributed by atoms with Crippen molar-refractivity contribution in [2.45, 2.75) is 70.5 Å². The number of cyclic esters (lactones) is 1. The Bertz CT molecular complexity index is 843. The van der Waals surface area contributed by atoms with Gasteiger partial charge in [0.1, 0.15) is 12.7 Å². The summed E-state index contributed by atoms with van der Waals surface area (Å²) in [6.07, 6.45) is 29.1. The van der Waals surface area contributed by atoms with Crippen LogP contribution in [0.4, 0.5) is 0 Å². The van der Waals surface area contributed by atoms with Crippen LogP contribution < -0.4 is 0 Å². The van der Waals surface area contributed by atoms with Crippen molar-refractivity contribution in [3.63, 3.8) is 0 Å². The van der Waals surface area contributed by atoms with Gasteiger partial charge in [-0.05, 0) is 12.8 Å². The van der Waals surface area contributed by atoms with Crippen molar-refractivity contribution in [2.24, 2.45) is 0 Å². The maximum absolute atomic E-state index is 11.6. The van der Waals surface area contributed by atoms with Crippen molar-refractivity contribution in [3.8, 4) is 0 Å². The van der Waals surface area contributed by atoms with E-state index in [0.29, 0.717) is 0 Å². The molecule has 7 heteroatoms. The van der Waals surface area contributed by atoms with Gasteiger partial charge in [0, 0.05) is 6.08 Å². The number of hydrogen-bond acceptors (Lipinski definition) is 7. The molecule has 2 atom stereocenters. The van der Waals surface area contributed by atoms with E-state index in [1.165, 1.54) is 51.0 Å². The molecule has 35 heavy (non-hydrogen) atoms. The second-order valence-corrected chi connectivity index (χ2v) is 7.99. The molecule has 1 aliphatic heterocycles. The standard InChI is InChI=1S/C28H38O7/c1-2-3-4-5-6-7-8-9-10-11-12-13-14-15-16-17-18-19-20-21-24(30)34-22-23(29)27-25(31)26(32)28(33)35-27/h10-21,23,27,29,31-32H,2-9,22H2,1H3/t23-,27+/m0/s1. The van der Waals surface area contributed by atoms with Crippen molar-refractivity contribution in [2.75, 3.05) is 6.61 Å². The predicted molar refractivity (Wildman–Crippen MR) is 137 cm³/mol. The van der Waals surface area contributed by atoms with E-state index in [1.807, 2.05) is 30.4 Å². The van der Waals surface area contributed by atoms with Gasteiger partial charge < -0.3 is 24.8 Å². The summed E-state index contributed by atoms with van der Waals surface area (Å²) in [4.78, 5) is 22.7. The zero-order valence-corrected chi connectivity index (χ0v) is 20.4. The predicted octanol–water partition coefficient (Wildman–Crippen LogP) is 5.62. The lowest BCUT2D eigenvalue weighted by molar-refractivity contribution is -0.151. The van der Waals surface area contributed by atoms with Crippen LogP contribution in [0.25, 0.3) is 0 Å². The van der Waals surface area contributed by atoms with Gasteiger partial charge in [0.05, 0.1) is 0 Å². The molecule has 0 radical (unpaired) electrons. The van der Waals surface area contributed by atoms with Gasteiger partial charge in [0.2, 0.25) is 5.76 Å². The van der Waals surface area contributed by atoms with Crippen molar-refractivity contribution in [1.29, 1.82) is 0 Å². The summed E-state index contributed by atoms with van der Waals surface area (Å²) in [5.41, 5.74) is 0. The number of carbonyl (C=O) groups excluding carboxylic acids is 2. The van der Waals surface area contributed by atoms with Crippen molar-refractivity contribution in [3.05, 3.63) is 84.4 Å². The topological polar surface area (TPSA) is 113 Å². The lowest BCUT2D eigenvalue weighted by Gasteiger charge is -2.16. The van der Waals surface area contributed by atoms with Crippen LogP contribution in [0.3, 0.4) is 0 Å². The van der Waals surface area contributed by atoms with Crippen LogP contribution in [-0.4, -0.2) is 46.1 Å². The largest absolute Gasteiger partial charge is 0.505 e. The van der Waals surface area contributed by atoms with Crippen LogP contribution in [0.2, 0.25) is 0 Å². The molecule has 0 fully saturated rings. The summed E-state index contributed by atoms with van der Waals surface area (Å²) >= 11 is 0. The number of aliphatic hydroxyl groups excluding tert-OH is 3. The van der Waals surface area contributed by atoms with Gasteiger partial charge in [0.25, 0.3) is 0 Å². The second-order valence-electron chi connectivity index (χ2n) is 7.99. The quantitative estimate of drug-likeness (QED) is 0.106. The Hall–Kier alpha value is -3.32. The Morgan fingerprint density at radius 2 is 1.43 bits per heavy atom. The summed E-state index contributed by atoms with van der Waals surface area (Å²) in [7, 11) is 0. The summed E-state index contributed by atoms with van der Waals surface area (Å²) in [5, 5.41) is 28.5. The first-order valence-corrected chi connectivity index (χ1v) is 12.1. The Kier molecular flexibility index (Phi) is 16.2. The average molecular weight is 487 g/mol. The third kappa shape index (κ3) is 13.9. The SMILES string of the molecule is CCCCCCCCCC=CC=CC=CC=CC=CC=CC(=O)OC[C@H](O)[C@H]1OC(=O)C(O)=C1O. The van der Waals surface area contributed by atoms with E-state index < -0.39 is 42.3 Å². The maximum Gasteiger partial charge on any atom is 0.377 e. The highest BCUT2D eigenvalue weighted by Gasteiger charge is 2.39. The first-order chi connectivity index (χ1) is 17.0. The molecule has 0 aliphatic carbocycles. The Balaban J connectivity index is 2.12. The Morgan fingerprint density at radius 1 is 0.886 bits per heavy atom. The van der Waals surface area contributed by atoms with Crippen molar-refractivity contribution >= 4 is 11.9 Å². The highest BCUT2D eigenvalue weighted by molar-refractivity contribution is 5.89. The molecular formula is C28H38O7. The maximum atomic E-state index is 11.6. The monoisotopic (exact) mass is 486 g/mol. The second kappa shape index (κ2) is 19.0. The third-order valence-corrected chi connectivity index (χ3v) is 5.03. The molecule has 192 valence electrons. The van der Waals surface area contributed by atoms with E-state index in [-0.39, 0.29) is 0 Å². The smallest absolute Gasteiger partial charge is 0.377 e. The van der Waals surface area contributed by atoms with Gasteiger partial charge in [-0.3, -0.25) is 0 Å². The van der Waals surface area contributed by atoms with Gasteiger partial charge in [-0.1, -0.05) is 112 Å². The summed E-state index contributed by atoms with van der Waals surface area (Å²) in [5.74, 6) is -3.62. The van der Waals surface area contributed by atoms with E-state index in [9.17, 15) is 24.9 Å². The van der Waals surface area contributed by atoms with Crippen LogP contribution in [0, 0.1) is 0 Å². The molecule has 1 aliphatic rings. The van der Waals surface area contributed by atoms with Crippen LogP contribution in [0.15, 0.2) is 84.4 Å². The molecule has 0 saturated heterocycles. The number of hydrogen-bond donors (Lipinski definition) is 3. The minimum Gasteiger partial charge on any atom is -0.505 e. The first-order valence-electron chi connectivity index (χ1n) is 12.1. The van der Waals surface area contributed by atoms with Gasteiger partial charge in [-0.25, -0.2) is 9.59 Å². The Labute approximate surface area is 208 Å². The fourth-order valence-corrected chi connectivity index (χ4v) is 3.07. The molecule has 0 saturated carbocycles. The fourth-order valence-electron chi connectivity index (χ4n) is 3.07. The zero-order chi connectivity index (χ0) is 25.7. The molecule has 7 nitrogen and oxygen atoms in total. The molecule has 0 aromatic rings. The molecule has 1 heterocycles. The molecule has 1 rings (SSSR count). The zero-order valence-electron chi connectivity index (χ0n) is 20.4. The number of carbonyl (C=O) groups is 2. The van der Waals surface area contributed by atoms with Crippen LogP contribution >= 0.6 is 0 Å². The van der Waals surface area contributed by atoms with Crippen LogP contribution in [0.5, 0.6) is 0 Å². The van der Waals surface area contributed by atoms with Gasteiger partial charge in [0.15, 0.2) is 11.9 Å². The van der Waals surface area contributed by atoms with Crippen molar-refractivity contribution < 1.29 is 34.4 Å². The Morgan fingerprint density at radius 3 is 2.00 bits per heavy atom. The van der Waals surface area contributed by atoms with Crippen molar-refractivity contribution in [1.82, 2.24) is 0 Å². The van der Waals surface area contributed by atoms with E-state index in [2.05, 4.69) is 23.8 Å². The number of allylic oxidation sites excluding steroid dienone is 11. The number of aliphatic hydroxyl groups is 3. The molecule has 3 N–H and O–H groups in total. The minimum atomic E-state index is -1.50. The third-order valence-electron chi connectivity index (χ3n) is 5.03. The molecule has 0 aromatic carbocycles. The summed E-state index contributed by atoms with van der Waals surface area (Å²) < 4.78 is 9.39. The van der Waals surface area contributed by atoms with Crippen LogP contribution in [0.1, 0.15) is 58.3 Å². The van der Waals surface area contributed by atoms with Gasteiger partial charge in [-0.15, -0.1) is 0 Å². The van der Waals surface area contributed by atoms with Crippen LogP contribution in [-0.2, 0) is 19.1 Å². The minimum absolute atomic E-state index is 0.519. The molecule has 0 spiro atoms. The number of esters is 2. The van der Waals surface area contributed by atoms with E-state index in [0.717, 1.165) is 12.5 Å². The number of rotatable bonds is 17. The molecule has 0 aromatic heterocycles. The van der Waals surface area contributed by atoms with E-state index in [4.69, 9.17) is 4.74 Å². The van der Waals surface area contributed by atoms with E-state index in [1.54, 1.807) is 18.2 Å².